The molecule has 2 amide bonds. The van der Waals surface area contributed by atoms with E-state index in [1.807, 2.05) is 44.2 Å². The van der Waals surface area contributed by atoms with Gasteiger partial charge >= 0.3 is 0 Å². The molecule has 0 unspecified atom stereocenters. The first-order valence-electron chi connectivity index (χ1n) is 10.3. The van der Waals surface area contributed by atoms with Crippen LogP contribution in [0.4, 0.5) is 5.69 Å². The van der Waals surface area contributed by atoms with E-state index in [0.29, 0.717) is 11.6 Å². The third kappa shape index (κ3) is 7.53. The Labute approximate surface area is 195 Å². The predicted molar refractivity (Wildman–Crippen MR) is 128 cm³/mol. The van der Waals surface area contributed by atoms with Crippen LogP contribution in [0.5, 0.6) is 0 Å². The molecule has 7 nitrogen and oxygen atoms in total. The van der Waals surface area contributed by atoms with E-state index in [4.69, 9.17) is 11.6 Å². The second-order valence-electron chi connectivity index (χ2n) is 8.07. The van der Waals surface area contributed by atoms with Gasteiger partial charge in [-0.2, -0.15) is 0 Å². The fraction of sp³-hybridized carbons (Fsp3) is 0.391. The number of halogens is 1. The number of nitrogens with one attached hydrogen (secondary N) is 1. The Kier molecular flexibility index (Phi) is 9.09. The number of benzene rings is 2. The van der Waals surface area contributed by atoms with Crippen LogP contribution in [0.15, 0.2) is 54.6 Å². The molecule has 0 saturated heterocycles. The Hall–Kier alpha value is -2.58. The van der Waals surface area contributed by atoms with E-state index in [2.05, 4.69) is 5.32 Å². The number of hydrogen-bond acceptors (Lipinski definition) is 4. The van der Waals surface area contributed by atoms with Crippen LogP contribution in [-0.2, 0) is 26.2 Å². The summed E-state index contributed by atoms with van der Waals surface area (Å²) in [6.07, 6.45) is 1.03. The molecule has 0 aliphatic rings. The van der Waals surface area contributed by atoms with E-state index in [1.54, 1.807) is 25.1 Å². The topological polar surface area (TPSA) is 86.8 Å². The fourth-order valence-electron chi connectivity index (χ4n) is 3.06. The van der Waals surface area contributed by atoms with E-state index in [0.717, 1.165) is 16.1 Å². The molecule has 32 heavy (non-hydrogen) atoms. The van der Waals surface area contributed by atoms with Crippen molar-refractivity contribution in [3.05, 3.63) is 65.2 Å². The van der Waals surface area contributed by atoms with Gasteiger partial charge in [-0.05, 0) is 36.6 Å². The molecule has 174 valence electrons. The monoisotopic (exact) mass is 479 g/mol. The van der Waals surface area contributed by atoms with Gasteiger partial charge in [0, 0.05) is 18.1 Å². The zero-order chi connectivity index (χ0) is 23.9. The van der Waals surface area contributed by atoms with Crippen molar-refractivity contribution in [3.8, 4) is 0 Å². The van der Waals surface area contributed by atoms with Gasteiger partial charge in [0.15, 0.2) is 0 Å². The molecule has 0 radical (unpaired) electrons. The molecule has 1 atom stereocenters. The summed E-state index contributed by atoms with van der Waals surface area (Å²) in [5, 5.41) is 3.20. The van der Waals surface area contributed by atoms with Crippen molar-refractivity contribution in [1.29, 1.82) is 0 Å². The smallest absolute Gasteiger partial charge is 0.244 e. The van der Waals surface area contributed by atoms with Crippen LogP contribution in [0.25, 0.3) is 0 Å². The number of carbonyl (C=O) groups excluding carboxylic acids is 2. The average molecular weight is 480 g/mol. The van der Waals surface area contributed by atoms with Crippen LogP contribution in [-0.4, -0.2) is 50.5 Å². The Bertz CT molecular complexity index is 1030. The van der Waals surface area contributed by atoms with Crippen LogP contribution in [0.3, 0.4) is 0 Å². The van der Waals surface area contributed by atoms with Crippen molar-refractivity contribution < 1.29 is 18.0 Å². The van der Waals surface area contributed by atoms with Gasteiger partial charge in [-0.15, -0.1) is 0 Å². The highest BCUT2D eigenvalue weighted by Gasteiger charge is 2.30. The molecule has 0 aromatic heterocycles. The molecule has 0 bridgehead atoms. The summed E-state index contributed by atoms with van der Waals surface area (Å²) in [6.45, 7) is 5.80. The molecule has 2 aromatic carbocycles. The lowest BCUT2D eigenvalue weighted by atomic mass is 10.1. The highest BCUT2D eigenvalue weighted by atomic mass is 35.5. The van der Waals surface area contributed by atoms with Crippen molar-refractivity contribution in [2.75, 3.05) is 23.7 Å². The molecule has 1 N–H and O–H groups in total. The van der Waals surface area contributed by atoms with Crippen LogP contribution >= 0.6 is 11.6 Å². The molecule has 0 saturated carbocycles. The molecule has 2 rings (SSSR count). The Balaban J connectivity index is 2.33. The summed E-state index contributed by atoms with van der Waals surface area (Å²) in [7, 11) is -3.78. The van der Waals surface area contributed by atoms with Gasteiger partial charge in [-0.3, -0.25) is 13.9 Å². The highest BCUT2D eigenvalue weighted by molar-refractivity contribution is 7.92. The minimum absolute atomic E-state index is 0.170. The summed E-state index contributed by atoms with van der Waals surface area (Å²) in [6, 6.07) is 14.7. The normalized spacial score (nSPS) is 12.3. The van der Waals surface area contributed by atoms with Crippen molar-refractivity contribution in [3.63, 3.8) is 0 Å². The zero-order valence-electron chi connectivity index (χ0n) is 18.8. The molecule has 0 heterocycles. The molecule has 0 aliphatic heterocycles. The summed E-state index contributed by atoms with van der Waals surface area (Å²) in [5.41, 5.74) is 1.11. The van der Waals surface area contributed by atoms with Crippen LogP contribution in [0.1, 0.15) is 26.3 Å². The largest absolute Gasteiger partial charge is 0.354 e. The maximum Gasteiger partial charge on any atom is 0.244 e. The first-order chi connectivity index (χ1) is 15.0. The van der Waals surface area contributed by atoms with Crippen LogP contribution in [0.2, 0.25) is 5.02 Å². The van der Waals surface area contributed by atoms with Gasteiger partial charge in [0.2, 0.25) is 21.8 Å². The Morgan fingerprint density at radius 1 is 1.03 bits per heavy atom. The third-order valence-electron chi connectivity index (χ3n) is 4.82. The summed E-state index contributed by atoms with van der Waals surface area (Å²) in [5.74, 6) is -0.531. The standard InChI is InChI=1S/C23H30ClN3O4S/c1-17(2)14-25-23(29)18(3)26(15-19-9-6-5-7-10-19)22(28)16-27(32(4,30)31)21-12-8-11-20(24)13-21/h5-13,17-18H,14-16H2,1-4H3,(H,25,29)/t18-/m1/s1. The Morgan fingerprint density at radius 2 is 1.69 bits per heavy atom. The van der Waals surface area contributed by atoms with Crippen LogP contribution < -0.4 is 9.62 Å². The van der Waals surface area contributed by atoms with E-state index in [-0.39, 0.29) is 24.1 Å². The lowest BCUT2D eigenvalue weighted by Crippen LogP contribution is -2.51. The van der Waals surface area contributed by atoms with Gasteiger partial charge in [0.1, 0.15) is 12.6 Å². The molecular weight excluding hydrogens is 450 g/mol. The second kappa shape index (κ2) is 11.3. The fourth-order valence-corrected chi connectivity index (χ4v) is 4.09. The second-order valence-corrected chi connectivity index (χ2v) is 10.4. The summed E-state index contributed by atoms with van der Waals surface area (Å²) in [4.78, 5) is 27.5. The number of carbonyl (C=O) groups is 2. The minimum atomic E-state index is -3.78. The van der Waals surface area contributed by atoms with Gasteiger partial charge in [0.05, 0.1) is 11.9 Å². The molecule has 2 aromatic rings. The van der Waals surface area contributed by atoms with Crippen LogP contribution in [0, 0.1) is 5.92 Å². The van der Waals surface area contributed by atoms with Gasteiger partial charge in [-0.1, -0.05) is 61.8 Å². The number of amides is 2. The molecule has 0 spiro atoms. The maximum absolute atomic E-state index is 13.4. The molecule has 9 heteroatoms. The lowest BCUT2D eigenvalue weighted by molar-refractivity contribution is -0.139. The van der Waals surface area contributed by atoms with Crippen molar-refractivity contribution >= 4 is 39.1 Å². The number of hydrogen-bond donors (Lipinski definition) is 1. The molecule has 0 aliphatic carbocycles. The SMILES string of the molecule is CC(C)CNC(=O)[C@@H](C)N(Cc1ccccc1)C(=O)CN(c1cccc(Cl)c1)S(C)(=O)=O. The quantitative estimate of drug-likeness (QED) is 0.566. The van der Waals surface area contributed by atoms with E-state index in [1.165, 1.54) is 11.0 Å². The van der Waals surface area contributed by atoms with E-state index < -0.39 is 28.5 Å². The van der Waals surface area contributed by atoms with Crippen molar-refractivity contribution in [2.24, 2.45) is 5.92 Å². The average Bonchev–Trinajstić information content (AvgIpc) is 2.73. The highest BCUT2D eigenvalue weighted by Crippen LogP contribution is 2.22. The summed E-state index contributed by atoms with van der Waals surface area (Å²) < 4.78 is 25.9. The van der Waals surface area contributed by atoms with E-state index in [9.17, 15) is 18.0 Å². The maximum atomic E-state index is 13.4. The Morgan fingerprint density at radius 3 is 2.25 bits per heavy atom. The van der Waals surface area contributed by atoms with Crippen molar-refractivity contribution in [2.45, 2.75) is 33.4 Å². The zero-order valence-corrected chi connectivity index (χ0v) is 20.4. The number of rotatable bonds is 10. The van der Waals surface area contributed by atoms with Crippen molar-refractivity contribution in [1.82, 2.24) is 10.2 Å². The van der Waals surface area contributed by atoms with E-state index >= 15 is 0 Å². The molecular formula is C23H30ClN3O4S. The number of sulfonamides is 1. The number of nitrogens with zero attached hydrogens (tertiary/aromatic N) is 2. The van der Waals surface area contributed by atoms with Gasteiger partial charge in [-0.25, -0.2) is 8.42 Å². The van der Waals surface area contributed by atoms with Gasteiger partial charge in [0.25, 0.3) is 0 Å². The summed E-state index contributed by atoms with van der Waals surface area (Å²) >= 11 is 6.03. The first-order valence-corrected chi connectivity index (χ1v) is 12.6. The van der Waals surface area contributed by atoms with Gasteiger partial charge < -0.3 is 10.2 Å². The lowest BCUT2D eigenvalue weighted by Gasteiger charge is -2.31. The minimum Gasteiger partial charge on any atom is -0.354 e. The third-order valence-corrected chi connectivity index (χ3v) is 6.20. The number of anilines is 1. The molecule has 0 fully saturated rings. The first kappa shape index (κ1) is 25.7. The predicted octanol–water partition coefficient (Wildman–Crippen LogP) is 3.30.